The van der Waals surface area contributed by atoms with Gasteiger partial charge in [0.15, 0.2) is 11.6 Å². The molecule has 0 aromatic heterocycles. The summed E-state index contributed by atoms with van der Waals surface area (Å²) in [6.07, 6.45) is 2.69. The molecular weight excluding hydrogens is 245 g/mol. The van der Waals surface area contributed by atoms with Crippen molar-refractivity contribution >= 4 is 5.78 Å². The number of ketones is 1. The van der Waals surface area contributed by atoms with E-state index in [-0.39, 0.29) is 24.0 Å². The van der Waals surface area contributed by atoms with Gasteiger partial charge in [-0.2, -0.15) is 0 Å². The Morgan fingerprint density at radius 1 is 1.58 bits per heavy atom. The van der Waals surface area contributed by atoms with Crippen LogP contribution in [0.15, 0.2) is 18.2 Å². The molecule has 1 aromatic rings. The lowest BCUT2D eigenvalue weighted by atomic mass is 9.78. The Morgan fingerprint density at radius 3 is 2.89 bits per heavy atom. The second-order valence-corrected chi connectivity index (χ2v) is 5.45. The summed E-state index contributed by atoms with van der Waals surface area (Å²) in [6.45, 7) is 1.89. The largest absolute Gasteiger partial charge is 0.494 e. The highest BCUT2D eigenvalue weighted by Gasteiger charge is 2.42. The fraction of sp³-hybridized carbons (Fsp3) is 0.533. The molecule has 4 heteroatoms. The molecule has 2 unspecified atom stereocenters. The number of benzene rings is 1. The Kier molecular flexibility index (Phi) is 3.90. The van der Waals surface area contributed by atoms with E-state index in [0.29, 0.717) is 5.56 Å². The van der Waals surface area contributed by atoms with Crippen molar-refractivity contribution in [3.05, 3.63) is 29.6 Å². The summed E-state index contributed by atoms with van der Waals surface area (Å²) in [6, 6.07) is 4.75. The molecule has 2 atom stereocenters. The van der Waals surface area contributed by atoms with Gasteiger partial charge in [-0.25, -0.2) is 4.39 Å². The molecular formula is C15H20FNO2. The second kappa shape index (κ2) is 5.29. The van der Waals surface area contributed by atoms with Crippen molar-refractivity contribution in [2.45, 2.75) is 38.6 Å². The van der Waals surface area contributed by atoms with Crippen molar-refractivity contribution in [1.82, 2.24) is 0 Å². The molecule has 0 bridgehead atoms. The van der Waals surface area contributed by atoms with Gasteiger partial charge >= 0.3 is 0 Å². The number of carbonyl (C=O) groups excluding carboxylic acids is 1. The van der Waals surface area contributed by atoms with E-state index in [1.165, 1.54) is 7.11 Å². The molecule has 19 heavy (non-hydrogen) atoms. The number of nitrogens with two attached hydrogens (primary N) is 1. The number of methoxy groups -OCH3 is 1. The third-order valence-electron chi connectivity index (χ3n) is 4.28. The van der Waals surface area contributed by atoms with Crippen molar-refractivity contribution in [2.75, 3.05) is 7.11 Å². The first kappa shape index (κ1) is 14.0. The fourth-order valence-electron chi connectivity index (χ4n) is 2.76. The van der Waals surface area contributed by atoms with Crippen LogP contribution >= 0.6 is 0 Å². The fourth-order valence-corrected chi connectivity index (χ4v) is 2.76. The summed E-state index contributed by atoms with van der Waals surface area (Å²) in [5.41, 5.74) is 5.88. The summed E-state index contributed by atoms with van der Waals surface area (Å²) >= 11 is 0. The predicted molar refractivity (Wildman–Crippen MR) is 71.6 cm³/mol. The first-order chi connectivity index (χ1) is 8.99. The molecule has 0 heterocycles. The lowest BCUT2D eigenvalue weighted by molar-refractivity contribution is -0.127. The number of ether oxygens (including phenoxy) is 1. The third-order valence-corrected chi connectivity index (χ3v) is 4.28. The van der Waals surface area contributed by atoms with Crippen LogP contribution in [0.3, 0.4) is 0 Å². The van der Waals surface area contributed by atoms with E-state index >= 15 is 0 Å². The maximum absolute atomic E-state index is 14.0. The normalized spacial score (nSPS) is 26.4. The van der Waals surface area contributed by atoms with Crippen LogP contribution in [0.5, 0.6) is 5.75 Å². The monoisotopic (exact) mass is 265 g/mol. The van der Waals surface area contributed by atoms with Crippen molar-refractivity contribution in [2.24, 2.45) is 11.1 Å². The topological polar surface area (TPSA) is 52.3 Å². The van der Waals surface area contributed by atoms with Crippen LogP contribution in [0.2, 0.25) is 0 Å². The molecule has 1 saturated carbocycles. The summed E-state index contributed by atoms with van der Waals surface area (Å²) < 4.78 is 19.0. The van der Waals surface area contributed by atoms with E-state index in [0.717, 1.165) is 19.3 Å². The molecule has 0 aliphatic heterocycles. The van der Waals surface area contributed by atoms with Crippen LogP contribution in [0.25, 0.3) is 0 Å². The van der Waals surface area contributed by atoms with Crippen LogP contribution in [0.1, 0.15) is 31.7 Å². The van der Waals surface area contributed by atoms with Gasteiger partial charge < -0.3 is 10.5 Å². The highest BCUT2D eigenvalue weighted by molar-refractivity contribution is 5.87. The van der Waals surface area contributed by atoms with Crippen LogP contribution in [-0.2, 0) is 11.2 Å². The van der Waals surface area contributed by atoms with Gasteiger partial charge in [-0.05, 0) is 24.5 Å². The number of Topliss-reactive ketones (excluding diaryl/α,β-unsaturated/α-hetero) is 1. The van der Waals surface area contributed by atoms with Gasteiger partial charge in [0.1, 0.15) is 5.78 Å². The first-order valence-electron chi connectivity index (χ1n) is 6.59. The van der Waals surface area contributed by atoms with Gasteiger partial charge in [-0.3, -0.25) is 4.79 Å². The lowest BCUT2D eigenvalue weighted by Crippen LogP contribution is -2.42. The average Bonchev–Trinajstić information content (AvgIpc) is 2.73. The smallest absolute Gasteiger partial charge is 0.168 e. The van der Waals surface area contributed by atoms with Crippen molar-refractivity contribution in [3.8, 4) is 5.75 Å². The molecule has 1 aromatic carbocycles. The second-order valence-electron chi connectivity index (χ2n) is 5.45. The lowest BCUT2D eigenvalue weighted by Gasteiger charge is -2.27. The number of hydrogen-bond acceptors (Lipinski definition) is 3. The zero-order valence-corrected chi connectivity index (χ0v) is 11.4. The first-order valence-corrected chi connectivity index (χ1v) is 6.59. The summed E-state index contributed by atoms with van der Waals surface area (Å²) in [7, 11) is 1.41. The number of halogens is 1. The predicted octanol–water partition coefficient (Wildman–Crippen LogP) is 2.46. The van der Waals surface area contributed by atoms with Gasteiger partial charge in [0.25, 0.3) is 0 Å². The van der Waals surface area contributed by atoms with Gasteiger partial charge in [0, 0.05) is 17.9 Å². The van der Waals surface area contributed by atoms with Gasteiger partial charge in [0.2, 0.25) is 0 Å². The van der Waals surface area contributed by atoms with Crippen molar-refractivity contribution < 1.29 is 13.9 Å². The number of hydrogen-bond donors (Lipinski definition) is 1. The Balaban J connectivity index is 2.20. The van der Waals surface area contributed by atoms with E-state index < -0.39 is 11.2 Å². The van der Waals surface area contributed by atoms with Crippen molar-refractivity contribution in [3.63, 3.8) is 0 Å². The van der Waals surface area contributed by atoms with Crippen LogP contribution < -0.4 is 10.5 Å². The highest BCUT2D eigenvalue weighted by atomic mass is 19.1. The Bertz CT molecular complexity index is 489. The molecule has 0 radical (unpaired) electrons. The van der Waals surface area contributed by atoms with Gasteiger partial charge in [-0.15, -0.1) is 0 Å². The number of carbonyl (C=O) groups is 1. The van der Waals surface area contributed by atoms with E-state index in [4.69, 9.17) is 10.5 Å². The zero-order chi connectivity index (χ0) is 14.0. The van der Waals surface area contributed by atoms with Gasteiger partial charge in [0.05, 0.1) is 7.11 Å². The Morgan fingerprint density at radius 2 is 2.32 bits per heavy atom. The van der Waals surface area contributed by atoms with E-state index in [1.54, 1.807) is 18.2 Å². The highest BCUT2D eigenvalue weighted by Crippen LogP contribution is 2.38. The molecule has 2 rings (SSSR count). The summed E-state index contributed by atoms with van der Waals surface area (Å²) in [4.78, 5) is 12.4. The van der Waals surface area contributed by atoms with E-state index in [9.17, 15) is 9.18 Å². The van der Waals surface area contributed by atoms with E-state index in [2.05, 4.69) is 0 Å². The Hall–Kier alpha value is -1.42. The molecule has 0 amide bonds. The van der Waals surface area contributed by atoms with E-state index in [1.807, 2.05) is 6.92 Å². The summed E-state index contributed by atoms with van der Waals surface area (Å²) in [5, 5.41) is 0. The number of rotatable bonds is 4. The van der Waals surface area contributed by atoms with Gasteiger partial charge in [-0.1, -0.05) is 25.5 Å². The SMILES string of the molecule is COc1cccc(CC(=O)C2(C)CCCC2N)c1F. The molecule has 3 nitrogen and oxygen atoms in total. The minimum atomic E-state index is -0.518. The molecule has 1 fully saturated rings. The standard InChI is InChI=1S/C15H20FNO2/c1-15(8-4-7-12(15)17)13(18)9-10-5-3-6-11(19-2)14(10)16/h3,5-6,12H,4,7-9,17H2,1-2H3. The molecule has 104 valence electrons. The zero-order valence-electron chi connectivity index (χ0n) is 11.4. The molecule has 0 spiro atoms. The Labute approximate surface area is 112 Å². The molecule has 1 aliphatic rings. The molecule has 1 aliphatic carbocycles. The molecule has 0 saturated heterocycles. The quantitative estimate of drug-likeness (QED) is 0.909. The minimum absolute atomic E-state index is 0.0182. The maximum atomic E-state index is 14.0. The van der Waals surface area contributed by atoms with Crippen LogP contribution in [-0.4, -0.2) is 18.9 Å². The molecule has 2 N–H and O–H groups in total. The van der Waals surface area contributed by atoms with Crippen LogP contribution in [0.4, 0.5) is 4.39 Å². The summed E-state index contributed by atoms with van der Waals surface area (Å²) in [5.74, 6) is -0.260. The minimum Gasteiger partial charge on any atom is -0.494 e. The van der Waals surface area contributed by atoms with Crippen LogP contribution in [0, 0.1) is 11.2 Å². The third kappa shape index (κ3) is 2.50. The average molecular weight is 265 g/mol. The van der Waals surface area contributed by atoms with Crippen molar-refractivity contribution in [1.29, 1.82) is 0 Å². The maximum Gasteiger partial charge on any atom is 0.168 e.